The molecule has 0 unspecified atom stereocenters. The van der Waals surface area contributed by atoms with Crippen LogP contribution in [0.2, 0.25) is 0 Å². The smallest absolute Gasteiger partial charge is 0.329 e. The van der Waals surface area contributed by atoms with Crippen LogP contribution in [0.25, 0.3) is 0 Å². The number of rotatable bonds is 14. The molecular formula is C22H31N4O10P. The Labute approximate surface area is 212 Å². The van der Waals surface area contributed by atoms with Crippen LogP contribution >= 0.6 is 7.60 Å². The van der Waals surface area contributed by atoms with E-state index in [0.29, 0.717) is 5.56 Å². The van der Waals surface area contributed by atoms with Crippen LogP contribution in [0.1, 0.15) is 33.6 Å². The van der Waals surface area contributed by atoms with Crippen molar-refractivity contribution in [3.8, 4) is 11.5 Å². The second-order valence-corrected chi connectivity index (χ2v) is 10.2. The van der Waals surface area contributed by atoms with Crippen LogP contribution in [0.4, 0.5) is 0 Å². The summed E-state index contributed by atoms with van der Waals surface area (Å²) in [6.45, 7) is 1.31. The lowest BCUT2D eigenvalue weighted by Gasteiger charge is -2.27. The third kappa shape index (κ3) is 9.04. The van der Waals surface area contributed by atoms with Crippen LogP contribution in [-0.4, -0.2) is 93.2 Å². The molecule has 0 bridgehead atoms. The molecule has 0 aromatic carbocycles. The van der Waals surface area contributed by atoms with Gasteiger partial charge in [0.25, 0.3) is 0 Å². The van der Waals surface area contributed by atoms with Gasteiger partial charge in [-0.3, -0.25) is 33.9 Å². The average molecular weight is 542 g/mol. The van der Waals surface area contributed by atoms with Gasteiger partial charge in [-0.05, 0) is 19.4 Å². The molecule has 2 heterocycles. The van der Waals surface area contributed by atoms with Gasteiger partial charge >= 0.3 is 19.5 Å². The molecular weight excluding hydrogens is 511 g/mol. The Hall–Kier alpha value is -3.13. The molecule has 2 rings (SSSR count). The van der Waals surface area contributed by atoms with Gasteiger partial charge in [0.2, 0.25) is 0 Å². The molecule has 15 heteroatoms. The Bertz CT molecular complexity index is 1190. The number of aromatic nitrogens is 2. The summed E-state index contributed by atoms with van der Waals surface area (Å²) in [6, 6.07) is 0. The number of hydrogen-bond donors (Lipinski definition) is 7. The first-order valence-electron chi connectivity index (χ1n) is 11.1. The first-order chi connectivity index (χ1) is 17.2. The number of aromatic hydroxyl groups is 2. The van der Waals surface area contributed by atoms with Crippen molar-refractivity contribution in [2.75, 3.05) is 26.2 Å². The molecule has 7 N–H and O–H groups in total. The maximum absolute atomic E-state index is 11.6. The first-order valence-corrected chi connectivity index (χ1v) is 12.9. The number of aliphatic carboxylic acids is 2. The van der Waals surface area contributed by atoms with Gasteiger partial charge in [0.1, 0.15) is 11.5 Å². The van der Waals surface area contributed by atoms with Gasteiger partial charge in [0, 0.05) is 55.3 Å². The molecule has 0 radical (unpaired) electrons. The third-order valence-electron chi connectivity index (χ3n) is 5.62. The summed E-state index contributed by atoms with van der Waals surface area (Å²) in [6.07, 6.45) is 1.88. The van der Waals surface area contributed by atoms with E-state index < -0.39 is 45.4 Å². The van der Waals surface area contributed by atoms with Crippen LogP contribution in [-0.2, 0) is 40.0 Å². The Kier molecular flexibility index (Phi) is 10.5. The molecule has 37 heavy (non-hydrogen) atoms. The summed E-state index contributed by atoms with van der Waals surface area (Å²) < 4.78 is 11.6. The topological polar surface area (TPSA) is 225 Å². The molecule has 0 fully saturated rings. The van der Waals surface area contributed by atoms with Gasteiger partial charge in [-0.2, -0.15) is 0 Å². The van der Waals surface area contributed by atoms with Crippen LogP contribution < -0.4 is 0 Å². The van der Waals surface area contributed by atoms with E-state index in [4.69, 9.17) is 0 Å². The molecule has 2 aromatic rings. The molecule has 0 aliphatic carbocycles. The highest BCUT2D eigenvalue weighted by Gasteiger charge is 2.24. The number of nitrogens with zero attached hydrogens (tertiary/aromatic N) is 4. The summed E-state index contributed by atoms with van der Waals surface area (Å²) >= 11 is 0. The molecule has 0 aliphatic rings. The number of aliphatic hydroxyl groups is 1. The minimum Gasteiger partial charge on any atom is -0.506 e. The number of carbonyl (C=O) groups is 2. The van der Waals surface area contributed by atoms with Crippen molar-refractivity contribution in [1.29, 1.82) is 0 Å². The highest BCUT2D eigenvalue weighted by molar-refractivity contribution is 7.50. The van der Waals surface area contributed by atoms with Crippen LogP contribution in [0.3, 0.4) is 0 Å². The molecule has 0 saturated carbocycles. The second kappa shape index (κ2) is 12.9. The predicted molar refractivity (Wildman–Crippen MR) is 129 cm³/mol. The number of pyridine rings is 2. The van der Waals surface area contributed by atoms with Gasteiger partial charge in [-0.1, -0.05) is 0 Å². The normalized spacial score (nSPS) is 11.9. The largest absolute Gasteiger partial charge is 0.506 e. The number of carboxylic acids is 2. The Morgan fingerprint density at radius 3 is 1.62 bits per heavy atom. The lowest BCUT2D eigenvalue weighted by molar-refractivity contribution is -0.140. The molecule has 0 amide bonds. The number of aliphatic hydroxyl groups excluding tert-OH is 1. The van der Waals surface area contributed by atoms with E-state index in [1.54, 1.807) is 6.92 Å². The summed E-state index contributed by atoms with van der Waals surface area (Å²) in [5.74, 6) is -2.90. The molecule has 0 atom stereocenters. The van der Waals surface area contributed by atoms with Crippen molar-refractivity contribution in [2.45, 2.75) is 39.7 Å². The van der Waals surface area contributed by atoms with Crippen molar-refractivity contribution in [2.24, 2.45) is 0 Å². The zero-order valence-electron chi connectivity index (χ0n) is 20.4. The lowest BCUT2D eigenvalue weighted by atomic mass is 10.1. The highest BCUT2D eigenvalue weighted by atomic mass is 31.2. The van der Waals surface area contributed by atoms with E-state index in [2.05, 4.69) is 9.97 Å². The van der Waals surface area contributed by atoms with Crippen molar-refractivity contribution in [3.63, 3.8) is 0 Å². The third-order valence-corrected chi connectivity index (χ3v) is 6.37. The highest BCUT2D eigenvalue weighted by Crippen LogP contribution is 2.41. The molecule has 2 aromatic heterocycles. The molecule has 0 saturated heterocycles. The number of aryl methyl sites for hydroxylation is 2. The van der Waals surface area contributed by atoms with Crippen LogP contribution in [0.5, 0.6) is 11.5 Å². The van der Waals surface area contributed by atoms with Crippen molar-refractivity contribution in [3.05, 3.63) is 46.0 Å². The van der Waals surface area contributed by atoms with Gasteiger partial charge in [0.15, 0.2) is 0 Å². The monoisotopic (exact) mass is 542 g/mol. The van der Waals surface area contributed by atoms with Crippen LogP contribution in [0, 0.1) is 13.8 Å². The quantitative estimate of drug-likeness (QED) is 0.158. The van der Waals surface area contributed by atoms with Crippen molar-refractivity contribution >= 4 is 19.5 Å². The standard InChI is InChI=1S/C22H31N4O10P/c1-13-21(32)17(15(11-27)5-23-13)7-25(9-19(28)29)3-4-26(10-20(30)31)8-18-16(12-37(34,35)36)6-24-14(2)22(18)33/h5-6,27,32-33H,3-4,7-12H2,1-2H3,(H,28,29)(H,30,31)(H2,34,35,36). The van der Waals surface area contributed by atoms with E-state index in [-0.39, 0.29) is 65.8 Å². The second-order valence-electron chi connectivity index (χ2n) is 8.58. The fraction of sp³-hybridized carbons (Fsp3) is 0.455. The summed E-state index contributed by atoms with van der Waals surface area (Å²) in [7, 11) is -4.53. The van der Waals surface area contributed by atoms with E-state index in [1.807, 2.05) is 0 Å². The Morgan fingerprint density at radius 2 is 1.24 bits per heavy atom. The van der Waals surface area contributed by atoms with Gasteiger partial charge in [-0.25, -0.2) is 0 Å². The summed E-state index contributed by atoms with van der Waals surface area (Å²) in [5, 5.41) is 49.4. The lowest BCUT2D eigenvalue weighted by Crippen LogP contribution is -2.39. The zero-order chi connectivity index (χ0) is 27.9. The minimum absolute atomic E-state index is 0.00388. The van der Waals surface area contributed by atoms with Crippen molar-refractivity contribution < 1.29 is 49.5 Å². The molecule has 204 valence electrons. The van der Waals surface area contributed by atoms with Gasteiger partial charge in [0.05, 0.1) is 37.2 Å². The van der Waals surface area contributed by atoms with E-state index in [1.165, 1.54) is 29.1 Å². The number of carboxylic acid groups (broad SMARTS) is 2. The van der Waals surface area contributed by atoms with E-state index in [0.717, 1.165) is 0 Å². The fourth-order valence-electron chi connectivity index (χ4n) is 3.76. The minimum atomic E-state index is -4.53. The Balaban J connectivity index is 2.33. The predicted octanol–water partition coefficient (Wildman–Crippen LogP) is 0.148. The zero-order valence-corrected chi connectivity index (χ0v) is 21.3. The van der Waals surface area contributed by atoms with Gasteiger partial charge < -0.3 is 35.3 Å². The van der Waals surface area contributed by atoms with E-state index in [9.17, 15) is 49.5 Å². The molecule has 0 aliphatic heterocycles. The molecule has 14 nitrogen and oxygen atoms in total. The van der Waals surface area contributed by atoms with E-state index >= 15 is 0 Å². The average Bonchev–Trinajstić information content (AvgIpc) is 2.78. The maximum atomic E-state index is 11.6. The Morgan fingerprint density at radius 1 is 0.838 bits per heavy atom. The van der Waals surface area contributed by atoms with Crippen molar-refractivity contribution in [1.82, 2.24) is 19.8 Å². The van der Waals surface area contributed by atoms with Crippen LogP contribution in [0.15, 0.2) is 12.4 Å². The molecule has 0 spiro atoms. The maximum Gasteiger partial charge on any atom is 0.329 e. The SMILES string of the molecule is Cc1ncc(CO)c(CN(CCN(CC(=O)O)Cc2c(CP(=O)(O)O)cnc(C)c2O)CC(=O)O)c1O. The number of hydrogen-bond acceptors (Lipinski definition) is 10. The fourth-order valence-corrected chi connectivity index (χ4v) is 4.47. The first kappa shape index (κ1) is 30.1. The van der Waals surface area contributed by atoms with Gasteiger partial charge in [-0.15, -0.1) is 0 Å². The summed E-state index contributed by atoms with van der Waals surface area (Å²) in [5.41, 5.74) is 1.22. The summed E-state index contributed by atoms with van der Waals surface area (Å²) in [4.78, 5) is 52.5.